The van der Waals surface area contributed by atoms with Gasteiger partial charge in [0, 0.05) is 6.42 Å². The Balaban J connectivity index is 1.76. The smallest absolute Gasteiger partial charge is 0.221 e. The number of carbonyl (C=O) groups excluding carboxylic acids is 1. The first-order chi connectivity index (χ1) is 12.4. The van der Waals surface area contributed by atoms with E-state index in [9.17, 15) is 13.2 Å². The van der Waals surface area contributed by atoms with E-state index in [2.05, 4.69) is 5.32 Å². The molecule has 0 saturated heterocycles. The van der Waals surface area contributed by atoms with Crippen LogP contribution in [0.25, 0.3) is 0 Å². The number of sulfone groups is 1. The Morgan fingerprint density at radius 2 is 1.73 bits per heavy atom. The first-order valence-electron chi connectivity index (χ1n) is 7.94. The molecule has 1 N–H and O–H groups in total. The van der Waals surface area contributed by atoms with Crippen LogP contribution in [-0.2, 0) is 14.6 Å². The van der Waals surface area contributed by atoms with E-state index >= 15 is 0 Å². The van der Waals surface area contributed by atoms with Crippen LogP contribution in [-0.4, -0.2) is 40.3 Å². The first kappa shape index (κ1) is 20.1. The third kappa shape index (κ3) is 5.64. The van der Waals surface area contributed by atoms with Gasteiger partial charge in [-0.1, -0.05) is 35.9 Å². The lowest BCUT2D eigenvalue weighted by molar-refractivity contribution is -0.120. The number of rotatable bonds is 9. The molecule has 0 atom stereocenters. The zero-order valence-corrected chi connectivity index (χ0v) is 15.8. The monoisotopic (exact) mass is 397 g/mol. The summed E-state index contributed by atoms with van der Waals surface area (Å²) in [6.45, 7) is 0.492. The van der Waals surface area contributed by atoms with Crippen molar-refractivity contribution in [3.63, 3.8) is 0 Å². The predicted octanol–water partition coefficient (Wildman–Crippen LogP) is 2.71. The van der Waals surface area contributed by atoms with Crippen LogP contribution in [0.4, 0.5) is 0 Å². The van der Waals surface area contributed by atoms with Crippen molar-refractivity contribution in [2.45, 2.75) is 11.3 Å². The van der Waals surface area contributed by atoms with Crippen molar-refractivity contribution in [1.29, 1.82) is 0 Å². The minimum Gasteiger partial charge on any atom is -0.493 e. The maximum atomic E-state index is 12.2. The number of nitrogens with one attached hydrogen (secondary N) is 1. The fourth-order valence-corrected chi connectivity index (χ4v) is 4.03. The summed E-state index contributed by atoms with van der Waals surface area (Å²) in [4.78, 5) is 11.9. The SMILES string of the molecule is COc1ccccc1OCCNC(=O)CCS(=O)(=O)c1ccccc1Cl. The molecule has 0 aliphatic rings. The van der Waals surface area contributed by atoms with E-state index in [4.69, 9.17) is 21.1 Å². The Hall–Kier alpha value is -2.25. The molecule has 1 amide bonds. The Labute approximate surface area is 158 Å². The number of halogens is 1. The summed E-state index contributed by atoms with van der Waals surface area (Å²) in [5.41, 5.74) is 0. The van der Waals surface area contributed by atoms with Crippen LogP contribution >= 0.6 is 11.6 Å². The first-order valence-corrected chi connectivity index (χ1v) is 9.97. The minimum absolute atomic E-state index is 0.0361. The molecule has 140 valence electrons. The van der Waals surface area contributed by atoms with Crippen molar-refractivity contribution >= 4 is 27.3 Å². The number of para-hydroxylation sites is 2. The zero-order chi connectivity index (χ0) is 19.0. The fraction of sp³-hybridized carbons (Fsp3) is 0.278. The highest BCUT2D eigenvalue weighted by atomic mass is 35.5. The van der Waals surface area contributed by atoms with E-state index in [1.54, 1.807) is 31.4 Å². The van der Waals surface area contributed by atoms with Crippen molar-refractivity contribution in [2.24, 2.45) is 0 Å². The standard InChI is InChI=1S/C18H20ClNO5S/c1-24-15-7-3-4-8-16(15)25-12-11-20-18(21)10-13-26(22,23)17-9-5-2-6-14(17)19/h2-9H,10-13H2,1H3,(H,20,21). The summed E-state index contributed by atoms with van der Waals surface area (Å²) in [5.74, 6) is 0.495. The van der Waals surface area contributed by atoms with Gasteiger partial charge in [0.15, 0.2) is 21.3 Å². The van der Waals surface area contributed by atoms with Crippen molar-refractivity contribution < 1.29 is 22.7 Å². The molecule has 0 bridgehead atoms. The topological polar surface area (TPSA) is 81.7 Å². The van der Waals surface area contributed by atoms with E-state index in [0.717, 1.165) is 0 Å². The second-order valence-electron chi connectivity index (χ2n) is 5.35. The molecule has 0 heterocycles. The number of ether oxygens (including phenoxy) is 2. The molecular formula is C18H20ClNO5S. The highest BCUT2D eigenvalue weighted by Crippen LogP contribution is 2.25. The second kappa shape index (κ2) is 9.45. The number of carbonyl (C=O) groups is 1. The lowest BCUT2D eigenvalue weighted by Gasteiger charge is -2.11. The average molecular weight is 398 g/mol. The largest absolute Gasteiger partial charge is 0.493 e. The van der Waals surface area contributed by atoms with Crippen LogP contribution in [0.1, 0.15) is 6.42 Å². The van der Waals surface area contributed by atoms with Crippen LogP contribution in [0.5, 0.6) is 11.5 Å². The van der Waals surface area contributed by atoms with Crippen LogP contribution in [0.15, 0.2) is 53.4 Å². The van der Waals surface area contributed by atoms with E-state index in [0.29, 0.717) is 11.5 Å². The Morgan fingerprint density at radius 1 is 1.08 bits per heavy atom. The van der Waals surface area contributed by atoms with E-state index in [-0.39, 0.29) is 41.2 Å². The average Bonchev–Trinajstić information content (AvgIpc) is 2.64. The summed E-state index contributed by atoms with van der Waals surface area (Å²) in [6, 6.07) is 13.3. The minimum atomic E-state index is -3.61. The van der Waals surface area contributed by atoms with Crippen molar-refractivity contribution in [1.82, 2.24) is 5.32 Å². The molecule has 0 spiro atoms. The number of methoxy groups -OCH3 is 1. The molecule has 2 aromatic carbocycles. The number of hydrogen-bond acceptors (Lipinski definition) is 5. The van der Waals surface area contributed by atoms with Gasteiger partial charge in [-0.3, -0.25) is 4.79 Å². The van der Waals surface area contributed by atoms with E-state index in [1.165, 1.54) is 12.1 Å². The summed E-state index contributed by atoms with van der Waals surface area (Å²) in [6.07, 6.45) is -0.151. The van der Waals surface area contributed by atoms with Gasteiger partial charge in [-0.15, -0.1) is 0 Å². The van der Waals surface area contributed by atoms with Gasteiger partial charge < -0.3 is 14.8 Å². The summed E-state index contributed by atoms with van der Waals surface area (Å²) in [7, 11) is -2.06. The van der Waals surface area contributed by atoms with Crippen LogP contribution in [0.3, 0.4) is 0 Å². The van der Waals surface area contributed by atoms with Gasteiger partial charge in [-0.05, 0) is 24.3 Å². The number of hydrogen-bond donors (Lipinski definition) is 1. The number of benzene rings is 2. The molecule has 8 heteroatoms. The molecule has 0 aromatic heterocycles. The molecule has 2 rings (SSSR count). The second-order valence-corrected chi connectivity index (χ2v) is 7.83. The predicted molar refractivity (Wildman–Crippen MR) is 99.6 cm³/mol. The van der Waals surface area contributed by atoms with Crippen LogP contribution in [0.2, 0.25) is 5.02 Å². The highest BCUT2D eigenvalue weighted by molar-refractivity contribution is 7.91. The Morgan fingerprint density at radius 3 is 2.42 bits per heavy atom. The third-order valence-corrected chi connectivity index (χ3v) is 5.73. The maximum Gasteiger partial charge on any atom is 0.221 e. The van der Waals surface area contributed by atoms with Gasteiger partial charge in [-0.2, -0.15) is 0 Å². The molecule has 0 aliphatic carbocycles. The fourth-order valence-electron chi connectivity index (χ4n) is 2.21. The van der Waals surface area contributed by atoms with Gasteiger partial charge in [-0.25, -0.2) is 8.42 Å². The highest BCUT2D eigenvalue weighted by Gasteiger charge is 2.19. The molecule has 0 fully saturated rings. The van der Waals surface area contributed by atoms with E-state index in [1.807, 2.05) is 12.1 Å². The Bertz CT molecular complexity index is 854. The summed E-state index contributed by atoms with van der Waals surface area (Å²) >= 11 is 5.90. The maximum absolute atomic E-state index is 12.2. The molecule has 6 nitrogen and oxygen atoms in total. The molecule has 2 aromatic rings. The molecular weight excluding hydrogens is 378 g/mol. The van der Waals surface area contributed by atoms with Crippen molar-refractivity contribution in [3.05, 3.63) is 53.6 Å². The molecule has 0 radical (unpaired) electrons. The van der Waals surface area contributed by atoms with Crippen molar-refractivity contribution in [2.75, 3.05) is 26.0 Å². The third-order valence-electron chi connectivity index (χ3n) is 3.52. The summed E-state index contributed by atoms with van der Waals surface area (Å²) in [5, 5.41) is 2.78. The van der Waals surface area contributed by atoms with Gasteiger partial charge in [0.05, 0.1) is 29.3 Å². The molecule has 0 saturated carbocycles. The van der Waals surface area contributed by atoms with Gasteiger partial charge in [0.2, 0.25) is 5.91 Å². The van der Waals surface area contributed by atoms with Crippen LogP contribution < -0.4 is 14.8 Å². The van der Waals surface area contributed by atoms with Crippen LogP contribution in [0, 0.1) is 0 Å². The number of amides is 1. The normalized spacial score (nSPS) is 11.0. The quantitative estimate of drug-likeness (QED) is 0.658. The van der Waals surface area contributed by atoms with E-state index < -0.39 is 9.84 Å². The molecule has 0 aliphatic heterocycles. The lowest BCUT2D eigenvalue weighted by atomic mass is 10.3. The molecule has 26 heavy (non-hydrogen) atoms. The van der Waals surface area contributed by atoms with Crippen molar-refractivity contribution in [3.8, 4) is 11.5 Å². The van der Waals surface area contributed by atoms with Gasteiger partial charge in [0.1, 0.15) is 6.61 Å². The zero-order valence-electron chi connectivity index (χ0n) is 14.3. The summed E-state index contributed by atoms with van der Waals surface area (Å²) < 4.78 is 35.2. The Kier molecular flexibility index (Phi) is 7.29. The lowest BCUT2D eigenvalue weighted by Crippen LogP contribution is -2.29. The molecule has 0 unspecified atom stereocenters. The van der Waals surface area contributed by atoms with Gasteiger partial charge >= 0.3 is 0 Å². The van der Waals surface area contributed by atoms with Gasteiger partial charge in [0.25, 0.3) is 0 Å².